The lowest BCUT2D eigenvalue weighted by molar-refractivity contribution is -0.181. The molecule has 1 fully saturated rings. The molecule has 18 heavy (non-hydrogen) atoms. The van der Waals surface area contributed by atoms with Gasteiger partial charge in [0.1, 0.15) is 0 Å². The van der Waals surface area contributed by atoms with E-state index in [2.05, 4.69) is 6.58 Å². The molecule has 0 spiro atoms. The molecule has 0 aliphatic heterocycles. The second-order valence-corrected chi connectivity index (χ2v) is 5.03. The Morgan fingerprint density at radius 3 is 2.56 bits per heavy atom. The van der Waals surface area contributed by atoms with Crippen LogP contribution in [0.25, 0.3) is 0 Å². The number of rotatable bonds is 7. The molecule has 1 rings (SSSR count). The number of esters is 1. The first-order valence-electron chi connectivity index (χ1n) is 6.59. The van der Waals surface area contributed by atoms with E-state index in [0.29, 0.717) is 13.2 Å². The van der Waals surface area contributed by atoms with E-state index >= 15 is 0 Å². The minimum Gasteiger partial charge on any atom is -0.501 e. The molecule has 0 aromatic heterocycles. The molecule has 0 amide bonds. The van der Waals surface area contributed by atoms with Gasteiger partial charge in [-0.05, 0) is 19.8 Å². The molecular formula is C14H24O4. The van der Waals surface area contributed by atoms with Crippen LogP contribution >= 0.6 is 0 Å². The normalized spacial score (nSPS) is 19.9. The van der Waals surface area contributed by atoms with Crippen molar-refractivity contribution in [1.29, 1.82) is 0 Å². The summed E-state index contributed by atoms with van der Waals surface area (Å²) in [6.07, 6.45) is 6.84. The van der Waals surface area contributed by atoms with Crippen LogP contribution in [0.1, 0.15) is 46.0 Å². The molecule has 4 heteroatoms. The fourth-order valence-electron chi connectivity index (χ4n) is 2.43. The molecular weight excluding hydrogens is 232 g/mol. The van der Waals surface area contributed by atoms with Gasteiger partial charge in [-0.15, -0.1) is 0 Å². The molecule has 1 saturated carbocycles. The predicted molar refractivity (Wildman–Crippen MR) is 68.8 cm³/mol. The van der Waals surface area contributed by atoms with Crippen molar-refractivity contribution in [2.24, 2.45) is 5.41 Å². The Labute approximate surface area is 109 Å². The van der Waals surface area contributed by atoms with Gasteiger partial charge in [-0.1, -0.05) is 25.8 Å². The summed E-state index contributed by atoms with van der Waals surface area (Å²) in [5, 5.41) is 0. The number of hydrogen-bond acceptors (Lipinski definition) is 4. The highest BCUT2D eigenvalue weighted by atomic mass is 16.7. The van der Waals surface area contributed by atoms with E-state index in [-0.39, 0.29) is 11.4 Å². The summed E-state index contributed by atoms with van der Waals surface area (Å²) in [6.45, 7) is 7.90. The van der Waals surface area contributed by atoms with Crippen molar-refractivity contribution in [3.63, 3.8) is 0 Å². The van der Waals surface area contributed by atoms with E-state index in [0.717, 1.165) is 12.8 Å². The SMILES string of the molecule is C=COCC1(COC(C)OC(C)=O)CCCCC1. The van der Waals surface area contributed by atoms with E-state index < -0.39 is 6.29 Å². The van der Waals surface area contributed by atoms with Gasteiger partial charge < -0.3 is 14.2 Å². The largest absolute Gasteiger partial charge is 0.501 e. The van der Waals surface area contributed by atoms with Gasteiger partial charge in [0.15, 0.2) is 6.29 Å². The van der Waals surface area contributed by atoms with Gasteiger partial charge in [0.25, 0.3) is 0 Å². The fraction of sp³-hybridized carbons (Fsp3) is 0.786. The predicted octanol–water partition coefficient (Wildman–Crippen LogP) is 3.02. The van der Waals surface area contributed by atoms with Gasteiger partial charge in [-0.25, -0.2) is 0 Å². The van der Waals surface area contributed by atoms with Crippen LogP contribution in [0.2, 0.25) is 0 Å². The molecule has 1 aliphatic carbocycles. The quantitative estimate of drug-likeness (QED) is 0.399. The van der Waals surface area contributed by atoms with Crippen LogP contribution in [0.5, 0.6) is 0 Å². The molecule has 1 atom stereocenters. The minimum atomic E-state index is -0.495. The molecule has 0 aromatic carbocycles. The lowest BCUT2D eigenvalue weighted by Crippen LogP contribution is -2.36. The zero-order chi connectivity index (χ0) is 13.4. The first-order valence-corrected chi connectivity index (χ1v) is 6.59. The van der Waals surface area contributed by atoms with Gasteiger partial charge >= 0.3 is 5.97 Å². The lowest BCUT2D eigenvalue weighted by atomic mass is 9.75. The average Bonchev–Trinajstić information content (AvgIpc) is 2.35. The Bertz CT molecular complexity index is 269. The number of carbonyl (C=O) groups is 1. The molecule has 1 aliphatic rings. The second kappa shape index (κ2) is 7.41. The van der Waals surface area contributed by atoms with Gasteiger partial charge in [-0.3, -0.25) is 4.79 Å². The van der Waals surface area contributed by atoms with Gasteiger partial charge in [-0.2, -0.15) is 0 Å². The molecule has 0 N–H and O–H groups in total. The Morgan fingerprint density at radius 1 is 1.33 bits per heavy atom. The summed E-state index contributed by atoms with van der Waals surface area (Å²) in [5.41, 5.74) is 0.0425. The summed E-state index contributed by atoms with van der Waals surface area (Å²) in [7, 11) is 0. The molecule has 1 unspecified atom stereocenters. The van der Waals surface area contributed by atoms with Crippen LogP contribution in [0.15, 0.2) is 12.8 Å². The van der Waals surface area contributed by atoms with Gasteiger partial charge in [0, 0.05) is 12.3 Å². The summed E-state index contributed by atoms with van der Waals surface area (Å²) in [5.74, 6) is -0.317. The number of carbonyl (C=O) groups excluding carboxylic acids is 1. The first-order chi connectivity index (χ1) is 8.58. The molecule has 104 valence electrons. The number of ether oxygens (including phenoxy) is 3. The second-order valence-electron chi connectivity index (χ2n) is 5.03. The maximum atomic E-state index is 10.8. The maximum Gasteiger partial charge on any atom is 0.304 e. The van der Waals surface area contributed by atoms with Crippen molar-refractivity contribution < 1.29 is 19.0 Å². The summed E-state index contributed by atoms with van der Waals surface area (Å²) < 4.78 is 16.0. The Hall–Kier alpha value is -1.03. The highest BCUT2D eigenvalue weighted by Crippen LogP contribution is 2.37. The van der Waals surface area contributed by atoms with Gasteiger partial charge in [0.05, 0.1) is 19.5 Å². The van der Waals surface area contributed by atoms with Crippen molar-refractivity contribution in [2.75, 3.05) is 13.2 Å². The van der Waals surface area contributed by atoms with Crippen LogP contribution < -0.4 is 0 Å². The third-order valence-electron chi connectivity index (χ3n) is 3.38. The van der Waals surface area contributed by atoms with E-state index in [1.54, 1.807) is 6.92 Å². The first kappa shape index (κ1) is 15.0. The van der Waals surface area contributed by atoms with Crippen molar-refractivity contribution in [2.45, 2.75) is 52.2 Å². The van der Waals surface area contributed by atoms with Crippen LogP contribution in [-0.4, -0.2) is 25.5 Å². The molecule has 0 bridgehead atoms. The van der Waals surface area contributed by atoms with E-state index in [9.17, 15) is 4.79 Å². The third-order valence-corrected chi connectivity index (χ3v) is 3.38. The molecule has 0 aromatic rings. The van der Waals surface area contributed by atoms with Crippen molar-refractivity contribution in [1.82, 2.24) is 0 Å². The summed E-state index contributed by atoms with van der Waals surface area (Å²) in [4.78, 5) is 10.8. The van der Waals surface area contributed by atoms with Crippen LogP contribution in [0, 0.1) is 5.41 Å². The van der Waals surface area contributed by atoms with Crippen LogP contribution in [0.4, 0.5) is 0 Å². The lowest BCUT2D eigenvalue weighted by Gasteiger charge is -2.36. The topological polar surface area (TPSA) is 44.8 Å². The minimum absolute atomic E-state index is 0.0425. The molecule has 0 heterocycles. The van der Waals surface area contributed by atoms with Crippen molar-refractivity contribution >= 4 is 5.97 Å². The highest BCUT2D eigenvalue weighted by Gasteiger charge is 2.33. The average molecular weight is 256 g/mol. The number of hydrogen-bond donors (Lipinski definition) is 0. The molecule has 0 radical (unpaired) electrons. The Balaban J connectivity index is 2.44. The summed E-state index contributed by atoms with van der Waals surface area (Å²) in [6, 6.07) is 0. The van der Waals surface area contributed by atoms with Crippen molar-refractivity contribution in [3.05, 3.63) is 12.8 Å². The van der Waals surface area contributed by atoms with E-state index in [1.807, 2.05) is 0 Å². The zero-order valence-corrected chi connectivity index (χ0v) is 11.4. The summed E-state index contributed by atoms with van der Waals surface area (Å²) >= 11 is 0. The van der Waals surface area contributed by atoms with Gasteiger partial charge in [0.2, 0.25) is 0 Å². The Kier molecular flexibility index (Phi) is 6.19. The Morgan fingerprint density at radius 2 is 2.00 bits per heavy atom. The maximum absolute atomic E-state index is 10.8. The third kappa shape index (κ3) is 5.08. The van der Waals surface area contributed by atoms with Crippen molar-refractivity contribution in [3.8, 4) is 0 Å². The smallest absolute Gasteiger partial charge is 0.304 e. The molecule has 4 nitrogen and oxygen atoms in total. The monoisotopic (exact) mass is 256 g/mol. The highest BCUT2D eigenvalue weighted by molar-refractivity contribution is 5.65. The fourth-order valence-corrected chi connectivity index (χ4v) is 2.43. The standard InChI is InChI=1S/C14H24O4/c1-4-16-10-14(8-6-5-7-9-14)11-17-13(3)18-12(2)15/h4,13H,1,5-11H2,2-3H3. The van der Waals surface area contributed by atoms with Crippen LogP contribution in [-0.2, 0) is 19.0 Å². The van der Waals surface area contributed by atoms with E-state index in [1.165, 1.54) is 32.4 Å². The van der Waals surface area contributed by atoms with E-state index in [4.69, 9.17) is 14.2 Å². The molecule has 0 saturated heterocycles. The zero-order valence-electron chi connectivity index (χ0n) is 11.4. The van der Waals surface area contributed by atoms with Crippen LogP contribution in [0.3, 0.4) is 0 Å².